The van der Waals surface area contributed by atoms with Crippen LogP contribution in [-0.2, 0) is 17.5 Å². The highest BCUT2D eigenvalue weighted by Crippen LogP contribution is 2.29. The number of hydrogen-bond donors (Lipinski definition) is 2. The molecule has 20 heavy (non-hydrogen) atoms. The lowest BCUT2D eigenvalue weighted by molar-refractivity contribution is -0.147. The molecule has 0 radical (unpaired) electrons. The molecule has 0 saturated heterocycles. The number of carboxylic acid groups (broad SMARTS) is 1. The number of carbonyl (C=O) groups is 1. The van der Waals surface area contributed by atoms with Gasteiger partial charge in [0.25, 0.3) is 0 Å². The predicted molar refractivity (Wildman–Crippen MR) is 69.2 cm³/mol. The first-order valence-corrected chi connectivity index (χ1v) is 6.23. The average Bonchev–Trinajstić information content (AvgIpc) is 2.34. The fraction of sp³-hybridized carbons (Fsp3) is 0.500. The first-order valence-electron chi connectivity index (χ1n) is 6.23. The van der Waals surface area contributed by atoms with Crippen LogP contribution in [0.5, 0.6) is 0 Å². The molecule has 0 atom stereocenters. The second kappa shape index (κ2) is 6.26. The van der Waals surface area contributed by atoms with Crippen molar-refractivity contribution in [1.82, 2.24) is 5.32 Å². The van der Waals surface area contributed by atoms with Crippen molar-refractivity contribution in [2.75, 3.05) is 6.54 Å². The molecule has 6 heteroatoms. The van der Waals surface area contributed by atoms with Gasteiger partial charge in [0.1, 0.15) is 0 Å². The standard InChI is InChI=1S/C14H18F3NO2/c1-13(2,12(19)20)6-7-18-9-10-4-3-5-11(8-10)14(15,16)17/h3-5,8,18H,6-7,9H2,1-2H3,(H,19,20). The van der Waals surface area contributed by atoms with Crippen molar-refractivity contribution in [2.45, 2.75) is 33.0 Å². The normalized spacial score (nSPS) is 12.4. The summed E-state index contributed by atoms with van der Waals surface area (Å²) in [6, 6.07) is 5.08. The van der Waals surface area contributed by atoms with Crippen LogP contribution in [0.2, 0.25) is 0 Å². The van der Waals surface area contributed by atoms with Crippen molar-refractivity contribution in [3.8, 4) is 0 Å². The van der Waals surface area contributed by atoms with Gasteiger partial charge < -0.3 is 10.4 Å². The highest BCUT2D eigenvalue weighted by atomic mass is 19.4. The van der Waals surface area contributed by atoms with Crippen molar-refractivity contribution >= 4 is 5.97 Å². The van der Waals surface area contributed by atoms with E-state index in [1.165, 1.54) is 6.07 Å². The first kappa shape index (κ1) is 16.5. The van der Waals surface area contributed by atoms with Crippen LogP contribution < -0.4 is 5.32 Å². The molecule has 0 fully saturated rings. The van der Waals surface area contributed by atoms with Crippen molar-refractivity contribution in [1.29, 1.82) is 0 Å². The van der Waals surface area contributed by atoms with Crippen molar-refractivity contribution in [3.05, 3.63) is 35.4 Å². The van der Waals surface area contributed by atoms with Crippen LogP contribution in [-0.4, -0.2) is 17.6 Å². The Morgan fingerprint density at radius 3 is 2.50 bits per heavy atom. The summed E-state index contributed by atoms with van der Waals surface area (Å²) in [5.74, 6) is -0.890. The molecule has 1 aromatic carbocycles. The zero-order valence-corrected chi connectivity index (χ0v) is 11.4. The molecule has 2 N–H and O–H groups in total. The molecular weight excluding hydrogens is 271 g/mol. The van der Waals surface area contributed by atoms with E-state index in [1.807, 2.05) is 0 Å². The molecule has 3 nitrogen and oxygen atoms in total. The third kappa shape index (κ3) is 4.85. The minimum absolute atomic E-state index is 0.277. The number of hydrogen-bond acceptors (Lipinski definition) is 2. The molecule has 0 aliphatic heterocycles. The number of benzene rings is 1. The van der Waals surface area contributed by atoms with Gasteiger partial charge in [-0.2, -0.15) is 13.2 Å². The number of aliphatic carboxylic acids is 1. The summed E-state index contributed by atoms with van der Waals surface area (Å²) in [6.07, 6.45) is -3.94. The van der Waals surface area contributed by atoms with E-state index in [0.29, 0.717) is 18.5 Å². The first-order chi connectivity index (χ1) is 9.13. The smallest absolute Gasteiger partial charge is 0.416 e. The fourth-order valence-corrected chi connectivity index (χ4v) is 1.60. The fourth-order valence-electron chi connectivity index (χ4n) is 1.60. The van der Waals surface area contributed by atoms with Gasteiger partial charge in [-0.1, -0.05) is 18.2 Å². The minimum atomic E-state index is -4.35. The lowest BCUT2D eigenvalue weighted by atomic mass is 9.90. The summed E-state index contributed by atoms with van der Waals surface area (Å²) < 4.78 is 37.5. The van der Waals surface area contributed by atoms with Gasteiger partial charge in [-0.3, -0.25) is 4.79 Å². The molecule has 0 spiro atoms. The third-order valence-corrected chi connectivity index (χ3v) is 3.09. The third-order valence-electron chi connectivity index (χ3n) is 3.09. The van der Waals surface area contributed by atoms with Gasteiger partial charge in [-0.15, -0.1) is 0 Å². The number of carboxylic acids is 1. The van der Waals surface area contributed by atoms with Crippen molar-refractivity contribution in [2.24, 2.45) is 5.41 Å². The monoisotopic (exact) mass is 289 g/mol. The largest absolute Gasteiger partial charge is 0.481 e. The molecule has 0 aliphatic rings. The Hall–Kier alpha value is -1.56. The second-order valence-electron chi connectivity index (χ2n) is 5.31. The lowest BCUT2D eigenvalue weighted by Gasteiger charge is -2.19. The van der Waals surface area contributed by atoms with E-state index in [1.54, 1.807) is 19.9 Å². The summed E-state index contributed by atoms with van der Waals surface area (Å²) in [5.41, 5.74) is -1.00. The summed E-state index contributed by atoms with van der Waals surface area (Å²) >= 11 is 0. The van der Waals surface area contributed by atoms with Crippen LogP contribution in [0.15, 0.2) is 24.3 Å². The topological polar surface area (TPSA) is 49.3 Å². The highest BCUT2D eigenvalue weighted by Gasteiger charge is 2.30. The van der Waals surface area contributed by atoms with Gasteiger partial charge in [0.15, 0.2) is 0 Å². The van der Waals surface area contributed by atoms with Crippen LogP contribution in [0.4, 0.5) is 13.2 Å². The van der Waals surface area contributed by atoms with Gasteiger partial charge in [0.05, 0.1) is 11.0 Å². The van der Waals surface area contributed by atoms with Crippen LogP contribution in [0.25, 0.3) is 0 Å². The Bertz CT molecular complexity index is 470. The molecule has 0 unspecified atom stereocenters. The van der Waals surface area contributed by atoms with E-state index in [0.717, 1.165) is 12.1 Å². The molecule has 0 heterocycles. The zero-order chi connectivity index (χ0) is 15.4. The Labute approximate surface area is 115 Å². The summed E-state index contributed by atoms with van der Waals surface area (Å²) in [5, 5.41) is 11.9. The van der Waals surface area contributed by atoms with E-state index in [9.17, 15) is 18.0 Å². The molecule has 0 aromatic heterocycles. The molecule has 112 valence electrons. The Morgan fingerprint density at radius 1 is 1.30 bits per heavy atom. The Balaban J connectivity index is 2.49. The maximum absolute atomic E-state index is 12.5. The summed E-state index contributed by atoms with van der Waals surface area (Å²) in [6.45, 7) is 3.93. The van der Waals surface area contributed by atoms with Crippen molar-refractivity contribution < 1.29 is 23.1 Å². The Morgan fingerprint density at radius 2 is 1.95 bits per heavy atom. The predicted octanol–water partition coefficient (Wildman–Crippen LogP) is 3.30. The van der Waals surface area contributed by atoms with Gasteiger partial charge in [0.2, 0.25) is 0 Å². The van der Waals surface area contributed by atoms with Crippen molar-refractivity contribution in [3.63, 3.8) is 0 Å². The lowest BCUT2D eigenvalue weighted by Crippen LogP contribution is -2.28. The zero-order valence-electron chi connectivity index (χ0n) is 11.4. The molecule has 1 rings (SSSR count). The highest BCUT2D eigenvalue weighted by molar-refractivity contribution is 5.73. The number of rotatable bonds is 6. The van der Waals surface area contributed by atoms with Crippen LogP contribution >= 0.6 is 0 Å². The van der Waals surface area contributed by atoms with E-state index >= 15 is 0 Å². The molecular formula is C14H18F3NO2. The maximum Gasteiger partial charge on any atom is 0.416 e. The van der Waals surface area contributed by atoms with Crippen LogP contribution in [0.3, 0.4) is 0 Å². The second-order valence-corrected chi connectivity index (χ2v) is 5.31. The quantitative estimate of drug-likeness (QED) is 0.790. The van der Waals surface area contributed by atoms with Gasteiger partial charge in [-0.25, -0.2) is 0 Å². The van der Waals surface area contributed by atoms with Gasteiger partial charge in [-0.05, 0) is 38.4 Å². The van der Waals surface area contributed by atoms with Crippen LogP contribution in [0, 0.1) is 5.41 Å². The Kier molecular flexibility index (Phi) is 5.16. The van der Waals surface area contributed by atoms with Gasteiger partial charge >= 0.3 is 12.1 Å². The van der Waals surface area contributed by atoms with E-state index in [4.69, 9.17) is 5.11 Å². The average molecular weight is 289 g/mol. The van der Waals surface area contributed by atoms with E-state index in [-0.39, 0.29) is 6.54 Å². The number of nitrogens with one attached hydrogen (secondary N) is 1. The summed E-state index contributed by atoms with van der Waals surface area (Å²) in [4.78, 5) is 10.9. The summed E-state index contributed by atoms with van der Waals surface area (Å²) in [7, 11) is 0. The minimum Gasteiger partial charge on any atom is -0.481 e. The number of halogens is 3. The van der Waals surface area contributed by atoms with Gasteiger partial charge in [0, 0.05) is 6.54 Å². The SMILES string of the molecule is CC(C)(CCNCc1cccc(C(F)(F)F)c1)C(=O)O. The van der Waals surface area contributed by atoms with E-state index < -0.39 is 23.1 Å². The molecule has 0 saturated carbocycles. The van der Waals surface area contributed by atoms with Crippen LogP contribution in [0.1, 0.15) is 31.4 Å². The molecule has 0 amide bonds. The molecule has 1 aromatic rings. The molecule has 0 aliphatic carbocycles. The maximum atomic E-state index is 12.5. The number of alkyl halides is 3. The van der Waals surface area contributed by atoms with E-state index in [2.05, 4.69) is 5.32 Å². The molecule has 0 bridgehead atoms.